The van der Waals surface area contributed by atoms with Gasteiger partial charge in [-0.05, 0) is 25.3 Å². The van der Waals surface area contributed by atoms with E-state index in [4.69, 9.17) is 11.6 Å². The fraction of sp³-hybridized carbons (Fsp3) is 0.400. The predicted molar refractivity (Wildman–Crippen MR) is 69.6 cm³/mol. The van der Waals surface area contributed by atoms with E-state index in [0.29, 0.717) is 5.69 Å². The standard InChI is InChI=1S/C10H13ClN2O2S/c1-7(6-16-2)12-9-5-3-4-8(11)10(9)13(14)15/h3-5,7,12H,6H2,1-2H3. The zero-order valence-corrected chi connectivity index (χ0v) is 10.6. The van der Waals surface area contributed by atoms with Crippen molar-refractivity contribution in [3.05, 3.63) is 33.3 Å². The largest absolute Gasteiger partial charge is 0.376 e. The first-order valence-electron chi connectivity index (χ1n) is 4.74. The zero-order valence-electron chi connectivity index (χ0n) is 9.07. The van der Waals surface area contributed by atoms with E-state index in [2.05, 4.69) is 5.32 Å². The Labute approximate surface area is 104 Å². The van der Waals surface area contributed by atoms with Crippen molar-refractivity contribution >= 4 is 34.7 Å². The number of nitro benzene ring substituents is 1. The van der Waals surface area contributed by atoms with Crippen LogP contribution in [0.5, 0.6) is 0 Å². The fourth-order valence-electron chi connectivity index (χ4n) is 1.37. The van der Waals surface area contributed by atoms with Crippen molar-refractivity contribution in [3.63, 3.8) is 0 Å². The molecule has 1 rings (SSSR count). The highest BCUT2D eigenvalue weighted by molar-refractivity contribution is 7.98. The Hall–Kier alpha value is -0.940. The Balaban J connectivity index is 2.95. The molecule has 16 heavy (non-hydrogen) atoms. The second kappa shape index (κ2) is 5.96. The third-order valence-electron chi connectivity index (χ3n) is 1.99. The SMILES string of the molecule is CSCC(C)Nc1cccc(Cl)c1[N+](=O)[O-]. The normalized spacial score (nSPS) is 12.2. The molecule has 0 aromatic heterocycles. The van der Waals surface area contributed by atoms with E-state index in [1.165, 1.54) is 6.07 Å². The molecule has 6 heteroatoms. The van der Waals surface area contributed by atoms with E-state index in [9.17, 15) is 10.1 Å². The lowest BCUT2D eigenvalue weighted by molar-refractivity contribution is -0.383. The molecular weight excluding hydrogens is 248 g/mol. The predicted octanol–water partition coefficient (Wildman–Crippen LogP) is 3.41. The number of thioether (sulfide) groups is 1. The molecule has 0 saturated heterocycles. The average Bonchev–Trinajstić information content (AvgIpc) is 2.17. The van der Waals surface area contributed by atoms with Crippen LogP contribution >= 0.6 is 23.4 Å². The van der Waals surface area contributed by atoms with Crippen molar-refractivity contribution < 1.29 is 4.92 Å². The first kappa shape index (κ1) is 13.1. The van der Waals surface area contributed by atoms with Gasteiger partial charge in [0.25, 0.3) is 0 Å². The third-order valence-corrected chi connectivity index (χ3v) is 3.13. The Morgan fingerprint density at radius 3 is 2.88 bits per heavy atom. The van der Waals surface area contributed by atoms with Crippen LogP contribution in [0.4, 0.5) is 11.4 Å². The topological polar surface area (TPSA) is 55.2 Å². The zero-order chi connectivity index (χ0) is 12.1. The average molecular weight is 261 g/mol. The monoisotopic (exact) mass is 260 g/mol. The van der Waals surface area contributed by atoms with Crippen LogP contribution < -0.4 is 5.32 Å². The lowest BCUT2D eigenvalue weighted by atomic mass is 10.2. The van der Waals surface area contributed by atoms with Crippen molar-refractivity contribution in [1.29, 1.82) is 0 Å². The smallest absolute Gasteiger partial charge is 0.310 e. The lowest BCUT2D eigenvalue weighted by Gasteiger charge is -2.14. The molecule has 0 aliphatic rings. The lowest BCUT2D eigenvalue weighted by Crippen LogP contribution is -2.18. The first-order chi connectivity index (χ1) is 7.56. The van der Waals surface area contributed by atoms with Gasteiger partial charge in [-0.1, -0.05) is 17.7 Å². The van der Waals surface area contributed by atoms with Crippen molar-refractivity contribution in [2.45, 2.75) is 13.0 Å². The number of hydrogen-bond donors (Lipinski definition) is 1. The minimum atomic E-state index is -0.462. The van der Waals surface area contributed by atoms with Crippen LogP contribution in [-0.2, 0) is 0 Å². The molecule has 0 saturated carbocycles. The molecule has 1 unspecified atom stereocenters. The van der Waals surface area contributed by atoms with Crippen LogP contribution in [0.1, 0.15) is 6.92 Å². The summed E-state index contributed by atoms with van der Waals surface area (Å²) in [5.74, 6) is 0.879. The Kier molecular flexibility index (Phi) is 4.89. The van der Waals surface area contributed by atoms with E-state index in [1.807, 2.05) is 13.2 Å². The third kappa shape index (κ3) is 3.28. The molecule has 1 N–H and O–H groups in total. The summed E-state index contributed by atoms with van der Waals surface area (Å²) < 4.78 is 0. The summed E-state index contributed by atoms with van der Waals surface area (Å²) in [6, 6.07) is 5.04. The Morgan fingerprint density at radius 2 is 2.31 bits per heavy atom. The molecule has 0 spiro atoms. The number of nitrogens with zero attached hydrogens (tertiary/aromatic N) is 1. The quantitative estimate of drug-likeness (QED) is 0.651. The number of benzene rings is 1. The van der Waals surface area contributed by atoms with E-state index in [0.717, 1.165) is 5.75 Å². The number of nitro groups is 1. The molecule has 0 radical (unpaired) electrons. The molecule has 0 heterocycles. The van der Waals surface area contributed by atoms with Crippen LogP contribution in [0.3, 0.4) is 0 Å². The Morgan fingerprint density at radius 1 is 1.62 bits per heavy atom. The molecule has 1 atom stereocenters. The molecular formula is C10H13ClN2O2S. The first-order valence-corrected chi connectivity index (χ1v) is 6.51. The van der Waals surface area contributed by atoms with Crippen LogP contribution in [0.15, 0.2) is 18.2 Å². The van der Waals surface area contributed by atoms with E-state index in [-0.39, 0.29) is 16.8 Å². The van der Waals surface area contributed by atoms with Gasteiger partial charge in [0.1, 0.15) is 10.7 Å². The van der Waals surface area contributed by atoms with Crippen LogP contribution in [-0.4, -0.2) is 23.0 Å². The van der Waals surface area contributed by atoms with Crippen LogP contribution in [0, 0.1) is 10.1 Å². The van der Waals surface area contributed by atoms with Gasteiger partial charge < -0.3 is 5.32 Å². The summed E-state index contributed by atoms with van der Waals surface area (Å²) >= 11 is 7.48. The summed E-state index contributed by atoms with van der Waals surface area (Å²) in [6.45, 7) is 1.97. The molecule has 0 amide bonds. The van der Waals surface area contributed by atoms with Gasteiger partial charge in [-0.3, -0.25) is 10.1 Å². The number of nitrogens with one attached hydrogen (secondary N) is 1. The van der Waals surface area contributed by atoms with E-state index >= 15 is 0 Å². The van der Waals surface area contributed by atoms with Gasteiger partial charge in [0.15, 0.2) is 0 Å². The van der Waals surface area contributed by atoms with Gasteiger partial charge >= 0.3 is 5.69 Å². The van der Waals surface area contributed by atoms with Crippen LogP contribution in [0.25, 0.3) is 0 Å². The molecule has 1 aromatic carbocycles. The molecule has 4 nitrogen and oxygen atoms in total. The number of hydrogen-bond acceptors (Lipinski definition) is 4. The molecule has 88 valence electrons. The molecule has 1 aromatic rings. The number of anilines is 1. The van der Waals surface area contributed by atoms with Crippen molar-refractivity contribution in [3.8, 4) is 0 Å². The summed E-state index contributed by atoms with van der Waals surface area (Å²) in [7, 11) is 0. The van der Waals surface area contributed by atoms with Gasteiger partial charge in [-0.2, -0.15) is 11.8 Å². The van der Waals surface area contributed by atoms with Crippen molar-refractivity contribution in [1.82, 2.24) is 0 Å². The molecule has 0 aliphatic carbocycles. The van der Waals surface area contributed by atoms with Crippen molar-refractivity contribution in [2.75, 3.05) is 17.3 Å². The Bertz CT molecular complexity index is 387. The maximum atomic E-state index is 10.9. The highest BCUT2D eigenvalue weighted by Crippen LogP contribution is 2.32. The number of para-hydroxylation sites is 1. The molecule has 0 aliphatic heterocycles. The van der Waals surface area contributed by atoms with Crippen molar-refractivity contribution in [2.24, 2.45) is 0 Å². The summed E-state index contributed by atoms with van der Waals surface area (Å²) in [6.07, 6.45) is 1.99. The second-order valence-corrected chi connectivity index (χ2v) is 4.71. The number of rotatable bonds is 5. The maximum Gasteiger partial charge on any atom is 0.310 e. The van der Waals surface area contributed by atoms with Gasteiger partial charge in [0.05, 0.1) is 4.92 Å². The summed E-state index contributed by atoms with van der Waals surface area (Å²) in [5, 5.41) is 14.1. The maximum absolute atomic E-state index is 10.9. The van der Waals surface area contributed by atoms with Crippen LogP contribution in [0.2, 0.25) is 5.02 Å². The summed E-state index contributed by atoms with van der Waals surface area (Å²) in [4.78, 5) is 10.4. The van der Waals surface area contributed by atoms with E-state index < -0.39 is 4.92 Å². The fourth-order valence-corrected chi connectivity index (χ4v) is 2.20. The van der Waals surface area contributed by atoms with E-state index in [1.54, 1.807) is 23.9 Å². The minimum absolute atomic E-state index is 0.0582. The van der Waals surface area contributed by atoms with Gasteiger partial charge in [-0.15, -0.1) is 0 Å². The second-order valence-electron chi connectivity index (χ2n) is 3.39. The highest BCUT2D eigenvalue weighted by atomic mass is 35.5. The molecule has 0 fully saturated rings. The summed E-state index contributed by atoms with van der Waals surface area (Å²) in [5.41, 5.74) is 0.413. The van der Waals surface area contributed by atoms with Gasteiger partial charge in [-0.25, -0.2) is 0 Å². The van der Waals surface area contributed by atoms with Gasteiger partial charge in [0, 0.05) is 11.8 Å². The number of halogens is 1. The minimum Gasteiger partial charge on any atom is -0.376 e. The van der Waals surface area contributed by atoms with Gasteiger partial charge in [0.2, 0.25) is 0 Å². The molecule has 0 bridgehead atoms. The highest BCUT2D eigenvalue weighted by Gasteiger charge is 2.19.